The lowest BCUT2D eigenvalue weighted by atomic mass is 9.98. The van der Waals surface area contributed by atoms with Crippen molar-refractivity contribution in [3.05, 3.63) is 71.8 Å². The molecule has 0 aromatic heterocycles. The molecule has 2 aromatic carbocycles. The summed E-state index contributed by atoms with van der Waals surface area (Å²) in [6, 6.07) is 15.1. The Bertz CT molecular complexity index is 829. The van der Waals surface area contributed by atoms with Crippen molar-refractivity contribution in [1.29, 1.82) is 0 Å². The van der Waals surface area contributed by atoms with Crippen LogP contribution in [0.15, 0.2) is 60.7 Å². The van der Waals surface area contributed by atoms with Crippen molar-refractivity contribution in [3.8, 4) is 11.1 Å². The summed E-state index contributed by atoms with van der Waals surface area (Å²) in [5, 5.41) is 11.7. The van der Waals surface area contributed by atoms with E-state index in [1.165, 1.54) is 0 Å². The molecule has 2 N–H and O–H groups in total. The van der Waals surface area contributed by atoms with Gasteiger partial charge in [-0.25, -0.2) is 9.59 Å². The Morgan fingerprint density at radius 3 is 2.19 bits per heavy atom. The monoisotopic (exact) mass is 365 g/mol. The van der Waals surface area contributed by atoms with Crippen molar-refractivity contribution in [2.45, 2.75) is 31.7 Å². The summed E-state index contributed by atoms with van der Waals surface area (Å²) in [6.07, 6.45) is 0.0983. The molecule has 1 amide bonds. The van der Waals surface area contributed by atoms with Gasteiger partial charge < -0.3 is 15.2 Å². The van der Waals surface area contributed by atoms with Gasteiger partial charge in [-0.1, -0.05) is 54.1 Å². The lowest BCUT2D eigenvalue weighted by Crippen LogP contribution is -2.41. The van der Waals surface area contributed by atoms with Gasteiger partial charge in [0, 0.05) is 5.92 Å². The highest BCUT2D eigenvalue weighted by atomic mass is 16.5. The molecule has 27 heavy (non-hydrogen) atoms. The number of carbonyl (C=O) groups is 2. The predicted octanol–water partition coefficient (Wildman–Crippen LogP) is 4.33. The summed E-state index contributed by atoms with van der Waals surface area (Å²) in [5.41, 5.74) is 5.39. The van der Waals surface area contributed by atoms with E-state index in [1.807, 2.05) is 43.3 Å². The topological polar surface area (TPSA) is 75.6 Å². The molecule has 140 valence electrons. The SMILES string of the molecule is C=C(C)CC[C@H](NC(=O)OCC1c2ccccc2-c2ccccc21)C(=O)O. The lowest BCUT2D eigenvalue weighted by molar-refractivity contribution is -0.139. The molecule has 0 radical (unpaired) electrons. The highest BCUT2D eigenvalue weighted by Gasteiger charge is 2.29. The van der Waals surface area contributed by atoms with Crippen LogP contribution >= 0.6 is 0 Å². The smallest absolute Gasteiger partial charge is 0.407 e. The van der Waals surface area contributed by atoms with Crippen molar-refractivity contribution in [2.75, 3.05) is 6.61 Å². The minimum Gasteiger partial charge on any atom is -0.480 e. The van der Waals surface area contributed by atoms with Crippen LogP contribution in [0, 0.1) is 0 Å². The number of carboxylic acid groups (broad SMARTS) is 1. The Morgan fingerprint density at radius 1 is 1.11 bits per heavy atom. The fourth-order valence-electron chi connectivity index (χ4n) is 3.43. The van der Waals surface area contributed by atoms with E-state index < -0.39 is 18.1 Å². The zero-order valence-corrected chi connectivity index (χ0v) is 15.3. The number of nitrogens with one attached hydrogen (secondary N) is 1. The molecule has 0 unspecified atom stereocenters. The summed E-state index contributed by atoms with van der Waals surface area (Å²) < 4.78 is 5.39. The van der Waals surface area contributed by atoms with Gasteiger partial charge in [-0.15, -0.1) is 6.58 Å². The maximum atomic E-state index is 12.2. The van der Waals surface area contributed by atoms with E-state index in [2.05, 4.69) is 24.0 Å². The minimum atomic E-state index is -1.08. The van der Waals surface area contributed by atoms with Gasteiger partial charge in [-0.2, -0.15) is 0 Å². The van der Waals surface area contributed by atoms with Crippen LogP contribution in [-0.2, 0) is 9.53 Å². The Hall–Kier alpha value is -3.08. The summed E-state index contributed by atoms with van der Waals surface area (Å²) in [6.45, 7) is 5.75. The van der Waals surface area contributed by atoms with Crippen molar-refractivity contribution in [1.82, 2.24) is 5.32 Å². The van der Waals surface area contributed by atoms with Crippen LogP contribution in [-0.4, -0.2) is 29.8 Å². The second kappa shape index (κ2) is 8.08. The van der Waals surface area contributed by atoms with Gasteiger partial charge in [0.15, 0.2) is 0 Å². The number of carbonyl (C=O) groups excluding carboxylic acids is 1. The molecular weight excluding hydrogens is 342 g/mol. The number of alkyl carbamates (subject to hydrolysis) is 1. The fourth-order valence-corrected chi connectivity index (χ4v) is 3.43. The molecule has 5 heteroatoms. The van der Waals surface area contributed by atoms with E-state index in [-0.39, 0.29) is 18.9 Å². The number of ether oxygens (including phenoxy) is 1. The first-order valence-corrected chi connectivity index (χ1v) is 8.96. The number of rotatable bonds is 7. The third-order valence-electron chi connectivity index (χ3n) is 4.79. The first kappa shape index (κ1) is 18.7. The van der Waals surface area contributed by atoms with E-state index in [4.69, 9.17) is 4.74 Å². The van der Waals surface area contributed by atoms with Gasteiger partial charge in [0.05, 0.1) is 0 Å². The van der Waals surface area contributed by atoms with E-state index >= 15 is 0 Å². The summed E-state index contributed by atoms with van der Waals surface area (Å²) in [7, 11) is 0. The molecule has 3 rings (SSSR count). The Balaban J connectivity index is 1.67. The number of fused-ring (bicyclic) bond motifs is 3. The van der Waals surface area contributed by atoms with E-state index in [0.29, 0.717) is 6.42 Å². The van der Waals surface area contributed by atoms with Gasteiger partial charge in [-0.05, 0) is 42.0 Å². The van der Waals surface area contributed by atoms with Crippen LogP contribution in [0.2, 0.25) is 0 Å². The van der Waals surface area contributed by atoms with Crippen LogP contribution in [0.3, 0.4) is 0 Å². The minimum absolute atomic E-state index is 0.0538. The number of carboxylic acids is 1. The molecule has 2 aromatic rings. The molecule has 0 fully saturated rings. The normalized spacial score (nSPS) is 13.4. The van der Waals surface area contributed by atoms with Crippen LogP contribution in [0.25, 0.3) is 11.1 Å². The Labute approximate surface area is 158 Å². The molecule has 0 bridgehead atoms. The van der Waals surface area contributed by atoms with E-state index in [0.717, 1.165) is 27.8 Å². The first-order valence-electron chi connectivity index (χ1n) is 8.96. The first-order chi connectivity index (χ1) is 13.0. The molecular formula is C22H23NO4. The second-order valence-electron chi connectivity index (χ2n) is 6.86. The summed E-state index contributed by atoms with van der Waals surface area (Å²) >= 11 is 0. The molecule has 1 aliphatic rings. The molecule has 0 saturated carbocycles. The van der Waals surface area contributed by atoms with Crippen molar-refractivity contribution in [3.63, 3.8) is 0 Å². The van der Waals surface area contributed by atoms with Crippen LogP contribution in [0.5, 0.6) is 0 Å². The fraction of sp³-hybridized carbons (Fsp3) is 0.273. The molecule has 1 atom stereocenters. The van der Waals surface area contributed by atoms with Gasteiger partial charge in [0.2, 0.25) is 0 Å². The highest BCUT2D eigenvalue weighted by Crippen LogP contribution is 2.44. The highest BCUT2D eigenvalue weighted by molar-refractivity contribution is 5.81. The molecule has 0 aliphatic heterocycles. The molecule has 0 heterocycles. The van der Waals surface area contributed by atoms with Gasteiger partial charge in [-0.3, -0.25) is 0 Å². The number of benzene rings is 2. The maximum Gasteiger partial charge on any atom is 0.407 e. The van der Waals surface area contributed by atoms with Crippen molar-refractivity contribution < 1.29 is 19.4 Å². The summed E-state index contributed by atoms with van der Waals surface area (Å²) in [4.78, 5) is 23.5. The van der Waals surface area contributed by atoms with Crippen molar-refractivity contribution >= 4 is 12.1 Å². The Morgan fingerprint density at radius 2 is 1.67 bits per heavy atom. The number of hydrogen-bond donors (Lipinski definition) is 2. The zero-order valence-electron chi connectivity index (χ0n) is 15.3. The Kier molecular flexibility index (Phi) is 5.60. The maximum absolute atomic E-state index is 12.2. The number of hydrogen-bond acceptors (Lipinski definition) is 3. The van der Waals surface area contributed by atoms with Gasteiger partial charge in [0.25, 0.3) is 0 Å². The van der Waals surface area contributed by atoms with Gasteiger partial charge in [0.1, 0.15) is 12.6 Å². The average molecular weight is 365 g/mol. The second-order valence-corrected chi connectivity index (χ2v) is 6.86. The quantitative estimate of drug-likeness (QED) is 0.716. The molecule has 5 nitrogen and oxygen atoms in total. The van der Waals surface area contributed by atoms with Gasteiger partial charge >= 0.3 is 12.1 Å². The summed E-state index contributed by atoms with van der Waals surface area (Å²) in [5.74, 6) is -1.13. The van der Waals surface area contributed by atoms with Crippen LogP contribution in [0.4, 0.5) is 4.79 Å². The van der Waals surface area contributed by atoms with E-state index in [1.54, 1.807) is 0 Å². The third-order valence-corrected chi connectivity index (χ3v) is 4.79. The zero-order chi connectivity index (χ0) is 19.4. The van der Waals surface area contributed by atoms with E-state index in [9.17, 15) is 14.7 Å². The lowest BCUT2D eigenvalue weighted by Gasteiger charge is -2.17. The van der Waals surface area contributed by atoms with Crippen LogP contribution < -0.4 is 5.32 Å². The third kappa shape index (κ3) is 4.19. The number of amides is 1. The molecule has 0 spiro atoms. The van der Waals surface area contributed by atoms with Crippen molar-refractivity contribution in [2.24, 2.45) is 0 Å². The molecule has 1 aliphatic carbocycles. The number of allylic oxidation sites excluding steroid dienone is 1. The largest absolute Gasteiger partial charge is 0.480 e. The van der Waals surface area contributed by atoms with Crippen LogP contribution in [0.1, 0.15) is 36.8 Å². The molecule has 0 saturated heterocycles. The standard InChI is InChI=1S/C22H23NO4/c1-14(2)11-12-20(21(24)25)23-22(26)27-13-19-17-9-5-3-7-15(17)16-8-4-6-10-18(16)19/h3-10,19-20H,1,11-13H2,2H3,(H,23,26)(H,24,25)/t20-/m0/s1. The number of aliphatic carboxylic acids is 1. The average Bonchev–Trinajstić information content (AvgIpc) is 2.97. The predicted molar refractivity (Wildman–Crippen MR) is 104 cm³/mol.